The molecule has 0 spiro atoms. The van der Waals surface area contributed by atoms with Gasteiger partial charge < -0.3 is 15.0 Å². The number of carbonyl (C=O) groups is 1. The highest BCUT2D eigenvalue weighted by Crippen LogP contribution is 2.25. The van der Waals surface area contributed by atoms with Crippen LogP contribution in [0.4, 0.5) is 5.69 Å². The van der Waals surface area contributed by atoms with Gasteiger partial charge in [-0.15, -0.1) is 24.8 Å². The fraction of sp³-hybridized carbons (Fsp3) is 0.588. The third-order valence-corrected chi connectivity index (χ3v) is 5.07. The fourth-order valence-corrected chi connectivity index (χ4v) is 3.79. The second-order valence-corrected chi connectivity index (χ2v) is 6.39. The maximum Gasteiger partial charge on any atom is 0.253 e. The molecule has 0 aliphatic carbocycles. The first-order valence-corrected chi connectivity index (χ1v) is 8.29. The predicted molar refractivity (Wildman–Crippen MR) is 99.8 cm³/mol. The van der Waals surface area contributed by atoms with Crippen molar-refractivity contribution in [2.75, 3.05) is 51.3 Å². The van der Waals surface area contributed by atoms with E-state index in [0.717, 1.165) is 64.3 Å². The molecule has 2 fully saturated rings. The summed E-state index contributed by atoms with van der Waals surface area (Å²) in [7, 11) is 0. The van der Waals surface area contributed by atoms with Gasteiger partial charge in [-0.25, -0.2) is 0 Å². The number of amides is 1. The van der Waals surface area contributed by atoms with Crippen LogP contribution in [-0.4, -0.2) is 67.7 Å². The summed E-state index contributed by atoms with van der Waals surface area (Å²) < 4.78 is 5.42. The van der Waals surface area contributed by atoms with Crippen LogP contribution in [0.1, 0.15) is 22.3 Å². The van der Waals surface area contributed by atoms with Gasteiger partial charge in [-0.3, -0.25) is 9.69 Å². The molecule has 3 aliphatic heterocycles. The Balaban J connectivity index is 0.00000104. The number of ether oxygens (including phenoxy) is 1. The highest BCUT2D eigenvalue weighted by atomic mass is 35.5. The molecule has 0 aromatic heterocycles. The Kier molecular flexibility index (Phi) is 6.75. The Morgan fingerprint density at radius 2 is 1.96 bits per heavy atom. The molecule has 3 heterocycles. The summed E-state index contributed by atoms with van der Waals surface area (Å²) in [4.78, 5) is 17.2. The number of hydrogen-bond donors (Lipinski definition) is 1. The van der Waals surface area contributed by atoms with Crippen molar-refractivity contribution in [1.82, 2.24) is 9.80 Å². The number of carbonyl (C=O) groups excluding carboxylic acids is 1. The second-order valence-electron chi connectivity index (χ2n) is 6.39. The quantitative estimate of drug-likeness (QED) is 0.861. The van der Waals surface area contributed by atoms with Gasteiger partial charge in [-0.1, -0.05) is 0 Å². The molecule has 0 saturated carbocycles. The molecule has 2 saturated heterocycles. The summed E-state index contributed by atoms with van der Waals surface area (Å²) in [5.41, 5.74) is 3.30. The molecule has 7 heteroatoms. The number of hydrogen-bond acceptors (Lipinski definition) is 4. The van der Waals surface area contributed by atoms with E-state index in [0.29, 0.717) is 6.04 Å². The van der Waals surface area contributed by atoms with Crippen molar-refractivity contribution >= 4 is 36.4 Å². The van der Waals surface area contributed by atoms with Gasteiger partial charge in [-0.05, 0) is 36.6 Å². The van der Waals surface area contributed by atoms with Crippen LogP contribution in [0.3, 0.4) is 0 Å². The molecule has 4 rings (SSSR count). The van der Waals surface area contributed by atoms with Crippen LogP contribution in [0.25, 0.3) is 0 Å². The third-order valence-electron chi connectivity index (χ3n) is 5.07. The predicted octanol–water partition coefficient (Wildman–Crippen LogP) is 2.04. The molecule has 1 N–H and O–H groups in total. The van der Waals surface area contributed by atoms with Crippen LogP contribution < -0.4 is 5.32 Å². The van der Waals surface area contributed by atoms with Gasteiger partial charge in [0, 0.05) is 50.0 Å². The van der Waals surface area contributed by atoms with Gasteiger partial charge in [-0.2, -0.15) is 0 Å². The average Bonchev–Trinajstić information content (AvgIpc) is 3.23. The summed E-state index contributed by atoms with van der Waals surface area (Å²) >= 11 is 0. The van der Waals surface area contributed by atoms with E-state index in [2.05, 4.69) is 16.3 Å². The zero-order chi connectivity index (χ0) is 14.9. The van der Waals surface area contributed by atoms with Crippen LogP contribution in [0, 0.1) is 0 Å². The maximum absolute atomic E-state index is 12.7. The summed E-state index contributed by atoms with van der Waals surface area (Å²) in [6.07, 6.45) is 2.10. The molecule has 0 bridgehead atoms. The first-order valence-electron chi connectivity index (χ1n) is 8.29. The largest absolute Gasteiger partial charge is 0.384 e. The van der Waals surface area contributed by atoms with Crippen LogP contribution in [0.2, 0.25) is 0 Å². The highest BCUT2D eigenvalue weighted by Gasteiger charge is 2.31. The van der Waals surface area contributed by atoms with Crippen LogP contribution in [-0.2, 0) is 11.2 Å². The maximum atomic E-state index is 12.7. The SMILES string of the molecule is Cl.Cl.O=C(c1ccc2c(c1)CCN2)N1CCC(N2CCOCC2)C1. The minimum absolute atomic E-state index is 0. The molecule has 134 valence electrons. The molecule has 1 atom stereocenters. The van der Waals surface area contributed by atoms with E-state index >= 15 is 0 Å². The Morgan fingerprint density at radius 3 is 2.75 bits per heavy atom. The van der Waals surface area contributed by atoms with Crippen LogP contribution in [0.15, 0.2) is 18.2 Å². The van der Waals surface area contributed by atoms with Gasteiger partial charge in [0.15, 0.2) is 0 Å². The van der Waals surface area contributed by atoms with Gasteiger partial charge in [0.05, 0.1) is 13.2 Å². The summed E-state index contributed by atoms with van der Waals surface area (Å²) in [5.74, 6) is 0.186. The third kappa shape index (κ3) is 3.80. The average molecular weight is 374 g/mol. The minimum atomic E-state index is 0. The van der Waals surface area contributed by atoms with E-state index in [1.165, 1.54) is 11.3 Å². The van der Waals surface area contributed by atoms with Crippen LogP contribution in [0.5, 0.6) is 0 Å². The Bertz CT molecular complexity index is 579. The van der Waals surface area contributed by atoms with E-state index in [-0.39, 0.29) is 30.7 Å². The Hall–Kier alpha value is -1.01. The number of likely N-dealkylation sites (tertiary alicyclic amines) is 1. The summed E-state index contributed by atoms with van der Waals surface area (Å²) in [5, 5.41) is 3.34. The lowest BCUT2D eigenvalue weighted by Gasteiger charge is -2.32. The van der Waals surface area contributed by atoms with Gasteiger partial charge in [0.2, 0.25) is 0 Å². The molecule has 1 amide bonds. The van der Waals surface area contributed by atoms with Crippen molar-refractivity contribution in [1.29, 1.82) is 0 Å². The van der Waals surface area contributed by atoms with E-state index < -0.39 is 0 Å². The standard InChI is InChI=1S/C17H23N3O2.2ClH/c21-17(14-1-2-16-13(11-14)3-5-18-16)20-6-4-15(12-20)19-7-9-22-10-8-19;;/h1-2,11,15,18H,3-10,12H2;2*1H. The number of nitrogens with one attached hydrogen (secondary N) is 1. The number of morpholine rings is 1. The van der Waals surface area contributed by atoms with Gasteiger partial charge in [0.1, 0.15) is 0 Å². The zero-order valence-corrected chi connectivity index (χ0v) is 15.3. The van der Waals surface area contributed by atoms with Crippen molar-refractivity contribution in [3.05, 3.63) is 29.3 Å². The number of nitrogens with zero attached hydrogens (tertiary/aromatic N) is 2. The van der Waals surface area contributed by atoms with Crippen LogP contribution >= 0.6 is 24.8 Å². The Labute approximate surface area is 155 Å². The molecular formula is C17H25Cl2N3O2. The summed E-state index contributed by atoms with van der Waals surface area (Å²) in [6, 6.07) is 6.58. The van der Waals surface area contributed by atoms with E-state index in [1.54, 1.807) is 0 Å². The molecular weight excluding hydrogens is 349 g/mol. The molecule has 24 heavy (non-hydrogen) atoms. The fourth-order valence-electron chi connectivity index (χ4n) is 3.79. The number of benzene rings is 1. The van der Waals surface area contributed by atoms with Crippen molar-refractivity contribution in [2.45, 2.75) is 18.9 Å². The lowest BCUT2D eigenvalue weighted by molar-refractivity contribution is 0.0185. The number of fused-ring (bicyclic) bond motifs is 1. The number of halogens is 2. The lowest BCUT2D eigenvalue weighted by Crippen LogP contribution is -2.45. The number of anilines is 1. The number of rotatable bonds is 2. The summed E-state index contributed by atoms with van der Waals surface area (Å²) in [6.45, 7) is 6.35. The second kappa shape index (κ2) is 8.39. The molecule has 1 aromatic carbocycles. The normalized spacial score (nSPS) is 23.0. The van der Waals surface area contributed by atoms with Crippen molar-refractivity contribution in [3.63, 3.8) is 0 Å². The van der Waals surface area contributed by atoms with Crippen molar-refractivity contribution < 1.29 is 9.53 Å². The monoisotopic (exact) mass is 373 g/mol. The topological polar surface area (TPSA) is 44.8 Å². The van der Waals surface area contributed by atoms with Crippen molar-refractivity contribution in [3.8, 4) is 0 Å². The lowest BCUT2D eigenvalue weighted by atomic mass is 10.1. The highest BCUT2D eigenvalue weighted by molar-refractivity contribution is 5.95. The van der Waals surface area contributed by atoms with Crippen molar-refractivity contribution in [2.24, 2.45) is 0 Å². The van der Waals surface area contributed by atoms with E-state index in [1.807, 2.05) is 17.0 Å². The molecule has 5 nitrogen and oxygen atoms in total. The van der Waals surface area contributed by atoms with E-state index in [9.17, 15) is 4.79 Å². The van der Waals surface area contributed by atoms with Gasteiger partial charge >= 0.3 is 0 Å². The molecule has 1 unspecified atom stereocenters. The Morgan fingerprint density at radius 1 is 1.17 bits per heavy atom. The molecule has 1 aromatic rings. The first-order chi connectivity index (χ1) is 10.8. The first kappa shape index (κ1) is 19.3. The smallest absolute Gasteiger partial charge is 0.253 e. The zero-order valence-electron chi connectivity index (χ0n) is 13.7. The minimum Gasteiger partial charge on any atom is -0.384 e. The molecule has 0 radical (unpaired) electrons. The molecule has 3 aliphatic rings. The van der Waals surface area contributed by atoms with Gasteiger partial charge in [0.25, 0.3) is 5.91 Å². The van der Waals surface area contributed by atoms with E-state index in [4.69, 9.17) is 4.74 Å².